The zero-order valence-corrected chi connectivity index (χ0v) is 6.30. The van der Waals surface area contributed by atoms with Crippen molar-refractivity contribution in [3.8, 4) is 0 Å². The van der Waals surface area contributed by atoms with Crippen LogP contribution in [-0.2, 0) is 9.53 Å². The number of rotatable bonds is 3. The summed E-state index contributed by atoms with van der Waals surface area (Å²) in [5.41, 5.74) is 0. The Morgan fingerprint density at radius 1 is 1.73 bits per heavy atom. The lowest BCUT2D eigenvalue weighted by atomic mass is 10.1. The Morgan fingerprint density at radius 2 is 2.18 bits per heavy atom. The number of hydrogen-bond acceptors (Lipinski definition) is 3. The van der Waals surface area contributed by atoms with Crippen LogP contribution < -0.4 is 0 Å². The molecule has 1 atom stereocenters. The minimum atomic E-state index is -3.26. The molecular weight excluding hydrogens is 158 g/mol. The Labute approximate surface area is 63.0 Å². The van der Waals surface area contributed by atoms with Gasteiger partial charge in [0.2, 0.25) is 0 Å². The summed E-state index contributed by atoms with van der Waals surface area (Å²) in [5, 5.41) is 8.64. The summed E-state index contributed by atoms with van der Waals surface area (Å²) in [7, 11) is 1.07. The van der Waals surface area contributed by atoms with Crippen LogP contribution >= 0.6 is 0 Å². The maximum atomic E-state index is 12.2. The highest BCUT2D eigenvalue weighted by atomic mass is 19.3. The number of aliphatic hydroxyl groups is 1. The molecule has 0 fully saturated rings. The van der Waals surface area contributed by atoms with Crippen molar-refractivity contribution in [1.82, 2.24) is 0 Å². The van der Waals surface area contributed by atoms with Crippen molar-refractivity contribution < 1.29 is 23.4 Å². The normalized spacial score (nSPS) is 14.3. The van der Waals surface area contributed by atoms with Crippen LogP contribution in [0.1, 0.15) is 13.3 Å². The van der Waals surface area contributed by atoms with Crippen molar-refractivity contribution in [1.29, 1.82) is 0 Å². The number of carbonyl (C=O) groups excluding carboxylic acids is 1. The first-order valence-electron chi connectivity index (χ1n) is 3.00. The van der Waals surface area contributed by atoms with E-state index >= 15 is 0 Å². The topological polar surface area (TPSA) is 46.5 Å². The lowest BCUT2D eigenvalue weighted by molar-refractivity contribution is -0.151. The molecule has 0 aliphatic heterocycles. The van der Waals surface area contributed by atoms with Gasteiger partial charge >= 0.3 is 5.97 Å². The molecule has 0 unspecified atom stereocenters. The first kappa shape index (κ1) is 10.3. The maximum Gasteiger partial charge on any atom is 0.308 e. The summed E-state index contributed by atoms with van der Waals surface area (Å²) in [6, 6.07) is 0. The highest BCUT2D eigenvalue weighted by molar-refractivity contribution is 5.69. The lowest BCUT2D eigenvalue weighted by Gasteiger charge is -2.16. The maximum absolute atomic E-state index is 12.2. The SMILES string of the molecule is COC(=O)C[C@@H](O)C(C)(F)F. The van der Waals surface area contributed by atoms with Crippen molar-refractivity contribution in [2.45, 2.75) is 25.4 Å². The smallest absolute Gasteiger partial charge is 0.308 e. The Morgan fingerprint density at radius 3 is 2.45 bits per heavy atom. The van der Waals surface area contributed by atoms with E-state index in [2.05, 4.69) is 4.74 Å². The lowest BCUT2D eigenvalue weighted by Crippen LogP contribution is -2.32. The summed E-state index contributed by atoms with van der Waals surface area (Å²) in [4.78, 5) is 10.4. The van der Waals surface area contributed by atoms with E-state index in [0.717, 1.165) is 7.11 Å². The molecule has 0 saturated carbocycles. The number of carbonyl (C=O) groups is 1. The average molecular weight is 168 g/mol. The minimum Gasteiger partial charge on any atom is -0.469 e. The van der Waals surface area contributed by atoms with Crippen LogP contribution in [0.25, 0.3) is 0 Å². The number of ether oxygens (including phenoxy) is 1. The number of alkyl halides is 2. The van der Waals surface area contributed by atoms with Gasteiger partial charge in [0.05, 0.1) is 13.5 Å². The molecule has 0 bridgehead atoms. The van der Waals surface area contributed by atoms with Crippen molar-refractivity contribution in [3.05, 3.63) is 0 Å². The molecule has 0 amide bonds. The molecule has 0 spiro atoms. The Kier molecular flexibility index (Phi) is 3.38. The third kappa shape index (κ3) is 3.87. The monoisotopic (exact) mass is 168 g/mol. The van der Waals surface area contributed by atoms with Crippen molar-refractivity contribution in [3.63, 3.8) is 0 Å². The number of aliphatic hydroxyl groups excluding tert-OH is 1. The first-order valence-corrected chi connectivity index (χ1v) is 3.00. The van der Waals surface area contributed by atoms with E-state index in [9.17, 15) is 13.6 Å². The van der Waals surface area contributed by atoms with Gasteiger partial charge in [-0.05, 0) is 0 Å². The average Bonchev–Trinajstić information content (AvgIpc) is 1.85. The fourth-order valence-corrected chi connectivity index (χ4v) is 0.420. The van der Waals surface area contributed by atoms with Gasteiger partial charge in [0, 0.05) is 6.92 Å². The summed E-state index contributed by atoms with van der Waals surface area (Å²) in [5.74, 6) is -4.10. The fourth-order valence-electron chi connectivity index (χ4n) is 0.420. The molecular formula is C6H10F2O3. The molecule has 5 heteroatoms. The third-order valence-electron chi connectivity index (χ3n) is 1.17. The Bertz CT molecular complexity index is 141. The Hall–Kier alpha value is -0.710. The second-order valence-electron chi connectivity index (χ2n) is 2.25. The van der Waals surface area contributed by atoms with Gasteiger partial charge in [-0.3, -0.25) is 4.79 Å². The van der Waals surface area contributed by atoms with Crippen LogP contribution in [0.2, 0.25) is 0 Å². The molecule has 0 rings (SSSR count). The molecule has 0 heterocycles. The zero-order valence-electron chi connectivity index (χ0n) is 6.30. The second kappa shape index (κ2) is 3.61. The Balaban J connectivity index is 3.87. The number of esters is 1. The molecule has 3 nitrogen and oxygen atoms in total. The molecule has 0 radical (unpaired) electrons. The summed E-state index contributed by atoms with van der Waals surface area (Å²) in [6.07, 6.45) is -2.64. The van der Waals surface area contributed by atoms with Crippen LogP contribution in [0.3, 0.4) is 0 Å². The van der Waals surface area contributed by atoms with Crippen molar-refractivity contribution >= 4 is 5.97 Å². The molecule has 66 valence electrons. The number of halogens is 2. The van der Waals surface area contributed by atoms with Gasteiger partial charge in [0.25, 0.3) is 5.92 Å². The number of methoxy groups -OCH3 is 1. The molecule has 0 saturated heterocycles. The van der Waals surface area contributed by atoms with Gasteiger partial charge in [-0.15, -0.1) is 0 Å². The molecule has 1 N–H and O–H groups in total. The van der Waals surface area contributed by atoms with E-state index in [-0.39, 0.29) is 0 Å². The molecule has 0 aliphatic rings. The predicted octanol–water partition coefficient (Wildman–Crippen LogP) is 0.566. The van der Waals surface area contributed by atoms with E-state index in [1.54, 1.807) is 0 Å². The van der Waals surface area contributed by atoms with Gasteiger partial charge in [-0.1, -0.05) is 0 Å². The summed E-state index contributed by atoms with van der Waals surface area (Å²) < 4.78 is 28.4. The number of hydrogen-bond donors (Lipinski definition) is 1. The molecule has 0 aliphatic carbocycles. The predicted molar refractivity (Wildman–Crippen MR) is 33.3 cm³/mol. The highest BCUT2D eigenvalue weighted by Gasteiger charge is 2.34. The summed E-state index contributed by atoms with van der Waals surface area (Å²) >= 11 is 0. The van der Waals surface area contributed by atoms with Crippen LogP contribution in [0.15, 0.2) is 0 Å². The van der Waals surface area contributed by atoms with Gasteiger partial charge < -0.3 is 9.84 Å². The quantitative estimate of drug-likeness (QED) is 0.626. The first-order chi connectivity index (χ1) is 4.88. The van der Waals surface area contributed by atoms with E-state index < -0.39 is 24.4 Å². The van der Waals surface area contributed by atoms with E-state index in [0.29, 0.717) is 6.92 Å². The van der Waals surface area contributed by atoms with Crippen LogP contribution in [-0.4, -0.2) is 30.2 Å². The second-order valence-corrected chi connectivity index (χ2v) is 2.25. The van der Waals surface area contributed by atoms with E-state index in [1.807, 2.05) is 0 Å². The van der Waals surface area contributed by atoms with E-state index in [4.69, 9.17) is 5.11 Å². The minimum absolute atomic E-state index is 0.542. The van der Waals surface area contributed by atoms with Gasteiger partial charge in [0.1, 0.15) is 6.10 Å². The summed E-state index contributed by atoms with van der Waals surface area (Å²) in [6.45, 7) is 0.542. The molecule has 0 aromatic carbocycles. The standard InChI is InChI=1S/C6H10F2O3/c1-6(7,8)4(9)3-5(10)11-2/h4,9H,3H2,1-2H3/t4-/m1/s1. The van der Waals surface area contributed by atoms with Crippen LogP contribution in [0.4, 0.5) is 8.78 Å². The fraction of sp³-hybridized carbons (Fsp3) is 0.833. The molecule has 11 heavy (non-hydrogen) atoms. The van der Waals surface area contributed by atoms with E-state index in [1.165, 1.54) is 0 Å². The van der Waals surface area contributed by atoms with Crippen LogP contribution in [0, 0.1) is 0 Å². The van der Waals surface area contributed by atoms with Crippen molar-refractivity contribution in [2.75, 3.05) is 7.11 Å². The zero-order chi connectivity index (χ0) is 9.07. The van der Waals surface area contributed by atoms with Crippen molar-refractivity contribution in [2.24, 2.45) is 0 Å². The largest absolute Gasteiger partial charge is 0.469 e. The molecule has 0 aromatic heterocycles. The highest BCUT2D eigenvalue weighted by Crippen LogP contribution is 2.19. The van der Waals surface area contributed by atoms with Gasteiger partial charge in [0.15, 0.2) is 0 Å². The molecule has 0 aromatic rings. The van der Waals surface area contributed by atoms with Gasteiger partial charge in [-0.2, -0.15) is 0 Å². The third-order valence-corrected chi connectivity index (χ3v) is 1.17. The van der Waals surface area contributed by atoms with Crippen LogP contribution in [0.5, 0.6) is 0 Å². The van der Waals surface area contributed by atoms with Gasteiger partial charge in [-0.25, -0.2) is 8.78 Å².